The highest BCUT2D eigenvalue weighted by atomic mass is 32.2. The number of carbonyl (C=O) groups excluding carboxylic acids is 2. The molecule has 2 fully saturated rings. The zero-order chi connectivity index (χ0) is 18.7. The SMILES string of the molecule is COc1ccc([C@@H]2SCC(=O)N2[C@H](C)C(=O)N2CCOCC2)cc1OC. The van der Waals surface area contributed by atoms with E-state index in [-0.39, 0.29) is 17.2 Å². The zero-order valence-corrected chi connectivity index (χ0v) is 16.1. The first kappa shape index (κ1) is 18.8. The topological polar surface area (TPSA) is 68.3 Å². The molecule has 0 N–H and O–H groups in total. The Morgan fingerprint density at radius 2 is 1.92 bits per heavy atom. The van der Waals surface area contributed by atoms with Crippen LogP contribution in [0.4, 0.5) is 0 Å². The summed E-state index contributed by atoms with van der Waals surface area (Å²) in [7, 11) is 3.16. The Morgan fingerprint density at radius 3 is 2.58 bits per heavy atom. The fraction of sp³-hybridized carbons (Fsp3) is 0.556. The van der Waals surface area contributed by atoms with Crippen LogP contribution < -0.4 is 9.47 Å². The summed E-state index contributed by atoms with van der Waals surface area (Å²) >= 11 is 1.52. The van der Waals surface area contributed by atoms with Crippen molar-refractivity contribution in [2.45, 2.75) is 18.3 Å². The average molecular weight is 380 g/mol. The molecule has 2 atom stereocenters. The Balaban J connectivity index is 1.83. The maximum atomic E-state index is 12.9. The lowest BCUT2D eigenvalue weighted by atomic mass is 10.1. The van der Waals surface area contributed by atoms with Crippen LogP contribution in [0.2, 0.25) is 0 Å². The third kappa shape index (κ3) is 3.61. The van der Waals surface area contributed by atoms with E-state index in [1.54, 1.807) is 30.9 Å². The third-order valence-corrected chi connectivity index (χ3v) is 5.92. The lowest BCUT2D eigenvalue weighted by Crippen LogP contribution is -2.51. The predicted octanol–water partition coefficient (Wildman–Crippen LogP) is 1.53. The molecule has 1 aromatic rings. The second-order valence-electron chi connectivity index (χ2n) is 6.19. The number of amides is 2. The molecule has 0 spiro atoms. The second kappa shape index (κ2) is 8.18. The van der Waals surface area contributed by atoms with Crippen molar-refractivity contribution >= 4 is 23.6 Å². The van der Waals surface area contributed by atoms with E-state index in [0.717, 1.165) is 5.56 Å². The lowest BCUT2D eigenvalue weighted by molar-refractivity contribution is -0.146. The summed E-state index contributed by atoms with van der Waals surface area (Å²) in [5, 5.41) is -0.220. The van der Waals surface area contributed by atoms with Crippen LogP contribution in [0.25, 0.3) is 0 Å². The number of carbonyl (C=O) groups is 2. The molecule has 2 heterocycles. The van der Waals surface area contributed by atoms with Crippen LogP contribution in [0, 0.1) is 0 Å². The molecule has 2 saturated heterocycles. The molecule has 1 aromatic carbocycles. The summed E-state index contributed by atoms with van der Waals surface area (Å²) < 4.78 is 16.0. The van der Waals surface area contributed by atoms with Crippen LogP contribution in [0.3, 0.4) is 0 Å². The van der Waals surface area contributed by atoms with Gasteiger partial charge in [0.1, 0.15) is 11.4 Å². The van der Waals surface area contributed by atoms with Gasteiger partial charge in [0.25, 0.3) is 0 Å². The molecular formula is C18H24N2O5S. The van der Waals surface area contributed by atoms with Crippen LogP contribution in [-0.4, -0.2) is 73.9 Å². The molecule has 2 amide bonds. The molecule has 0 unspecified atom stereocenters. The van der Waals surface area contributed by atoms with Gasteiger partial charge in [-0.1, -0.05) is 6.07 Å². The number of rotatable bonds is 5. The molecule has 0 saturated carbocycles. The number of thioether (sulfide) groups is 1. The lowest BCUT2D eigenvalue weighted by Gasteiger charge is -2.35. The van der Waals surface area contributed by atoms with E-state index in [4.69, 9.17) is 14.2 Å². The third-order valence-electron chi connectivity index (χ3n) is 4.70. The fourth-order valence-electron chi connectivity index (χ4n) is 3.29. The normalized spacial score (nSPS) is 21.7. The number of nitrogens with zero attached hydrogens (tertiary/aromatic N) is 2. The minimum Gasteiger partial charge on any atom is -0.493 e. The molecule has 0 radical (unpaired) electrons. The van der Waals surface area contributed by atoms with Crippen molar-refractivity contribution in [1.82, 2.24) is 9.80 Å². The van der Waals surface area contributed by atoms with Gasteiger partial charge in [0, 0.05) is 13.1 Å². The first-order valence-electron chi connectivity index (χ1n) is 8.58. The maximum absolute atomic E-state index is 12.9. The molecule has 0 aromatic heterocycles. The molecule has 3 rings (SSSR count). The van der Waals surface area contributed by atoms with Gasteiger partial charge in [-0.3, -0.25) is 9.59 Å². The average Bonchev–Trinajstić information content (AvgIpc) is 3.08. The fourth-order valence-corrected chi connectivity index (χ4v) is 4.53. The molecule has 0 bridgehead atoms. The molecule has 2 aliphatic heterocycles. The summed E-state index contributed by atoms with van der Waals surface area (Å²) in [6, 6.07) is 5.09. The number of hydrogen-bond donors (Lipinski definition) is 0. The Hall–Kier alpha value is -1.93. The minimum absolute atomic E-state index is 0.0242. The van der Waals surface area contributed by atoms with Gasteiger partial charge >= 0.3 is 0 Å². The summed E-state index contributed by atoms with van der Waals surface area (Å²) in [5.74, 6) is 1.55. The van der Waals surface area contributed by atoms with E-state index in [2.05, 4.69) is 0 Å². The number of ether oxygens (including phenoxy) is 3. The number of methoxy groups -OCH3 is 2. The second-order valence-corrected chi connectivity index (χ2v) is 7.26. The van der Waals surface area contributed by atoms with E-state index >= 15 is 0 Å². The van der Waals surface area contributed by atoms with E-state index < -0.39 is 6.04 Å². The quantitative estimate of drug-likeness (QED) is 0.772. The smallest absolute Gasteiger partial charge is 0.245 e. The minimum atomic E-state index is -0.520. The van der Waals surface area contributed by atoms with Crippen LogP contribution in [0.15, 0.2) is 18.2 Å². The molecular weight excluding hydrogens is 356 g/mol. The maximum Gasteiger partial charge on any atom is 0.245 e. The van der Waals surface area contributed by atoms with Crippen LogP contribution in [0.1, 0.15) is 17.9 Å². The molecule has 8 heteroatoms. The Kier molecular flexibility index (Phi) is 5.93. The van der Waals surface area contributed by atoms with E-state index in [0.29, 0.717) is 43.6 Å². The summed E-state index contributed by atoms with van der Waals surface area (Å²) in [5.41, 5.74) is 0.917. The van der Waals surface area contributed by atoms with Gasteiger partial charge < -0.3 is 24.0 Å². The van der Waals surface area contributed by atoms with Gasteiger partial charge in [-0.2, -0.15) is 0 Å². The number of benzene rings is 1. The van der Waals surface area contributed by atoms with Crippen LogP contribution in [0.5, 0.6) is 11.5 Å². The highest BCUT2D eigenvalue weighted by Gasteiger charge is 2.40. The highest BCUT2D eigenvalue weighted by Crippen LogP contribution is 2.42. The van der Waals surface area contributed by atoms with Crippen molar-refractivity contribution in [2.24, 2.45) is 0 Å². The Morgan fingerprint density at radius 1 is 1.23 bits per heavy atom. The van der Waals surface area contributed by atoms with E-state index in [1.165, 1.54) is 11.8 Å². The van der Waals surface area contributed by atoms with E-state index in [9.17, 15) is 9.59 Å². The largest absolute Gasteiger partial charge is 0.493 e. The van der Waals surface area contributed by atoms with Crippen LogP contribution in [-0.2, 0) is 14.3 Å². The number of hydrogen-bond acceptors (Lipinski definition) is 6. The number of morpholine rings is 1. The molecule has 0 aliphatic carbocycles. The van der Waals surface area contributed by atoms with Gasteiger partial charge in [0.05, 0.1) is 33.2 Å². The summed E-state index contributed by atoms with van der Waals surface area (Å²) in [6.07, 6.45) is 0. The van der Waals surface area contributed by atoms with Crippen molar-refractivity contribution in [3.63, 3.8) is 0 Å². The predicted molar refractivity (Wildman–Crippen MR) is 98.5 cm³/mol. The highest BCUT2D eigenvalue weighted by molar-refractivity contribution is 8.00. The van der Waals surface area contributed by atoms with Crippen molar-refractivity contribution in [3.8, 4) is 11.5 Å². The standard InChI is InChI=1S/C18H24N2O5S/c1-12(17(22)19-6-8-25-9-7-19)20-16(21)11-26-18(20)13-4-5-14(23-2)15(10-13)24-3/h4-5,10,12,18H,6-9,11H2,1-3H3/t12-,18+/m1/s1. The van der Waals surface area contributed by atoms with Gasteiger partial charge in [-0.15, -0.1) is 11.8 Å². The van der Waals surface area contributed by atoms with Crippen molar-refractivity contribution < 1.29 is 23.8 Å². The molecule has 142 valence electrons. The monoisotopic (exact) mass is 380 g/mol. The van der Waals surface area contributed by atoms with Crippen molar-refractivity contribution in [1.29, 1.82) is 0 Å². The van der Waals surface area contributed by atoms with Crippen LogP contribution >= 0.6 is 11.8 Å². The Labute approximate surface area is 157 Å². The molecule has 7 nitrogen and oxygen atoms in total. The summed E-state index contributed by atoms with van der Waals surface area (Å²) in [6.45, 7) is 4.02. The van der Waals surface area contributed by atoms with Crippen molar-refractivity contribution in [2.75, 3.05) is 46.3 Å². The van der Waals surface area contributed by atoms with Gasteiger partial charge in [-0.25, -0.2) is 0 Å². The first-order chi connectivity index (χ1) is 12.6. The van der Waals surface area contributed by atoms with Gasteiger partial charge in [0.15, 0.2) is 11.5 Å². The van der Waals surface area contributed by atoms with Crippen molar-refractivity contribution in [3.05, 3.63) is 23.8 Å². The Bertz CT molecular complexity index is 678. The van der Waals surface area contributed by atoms with Gasteiger partial charge in [-0.05, 0) is 24.6 Å². The first-order valence-corrected chi connectivity index (χ1v) is 9.63. The van der Waals surface area contributed by atoms with Gasteiger partial charge in [0.2, 0.25) is 11.8 Å². The summed E-state index contributed by atoms with van der Waals surface area (Å²) in [4.78, 5) is 28.8. The van der Waals surface area contributed by atoms with E-state index in [1.807, 2.05) is 18.2 Å². The molecule has 2 aliphatic rings. The zero-order valence-electron chi connectivity index (χ0n) is 15.3. The molecule has 26 heavy (non-hydrogen) atoms.